The average molecular weight is 290 g/mol. The third-order valence-corrected chi connectivity index (χ3v) is 3.85. The molecule has 2 aromatic rings. The lowest BCUT2D eigenvalue weighted by Crippen LogP contribution is -2.27. The lowest BCUT2D eigenvalue weighted by atomic mass is 10.2. The molecule has 1 heterocycles. The minimum absolute atomic E-state index is 0.0811. The van der Waals surface area contributed by atoms with E-state index in [1.807, 2.05) is 24.3 Å². The molecule has 0 fully saturated rings. The van der Waals surface area contributed by atoms with Crippen LogP contribution in [0.15, 0.2) is 35.0 Å². The second-order valence-electron chi connectivity index (χ2n) is 4.43. The molecule has 2 rings (SSSR count). The summed E-state index contributed by atoms with van der Waals surface area (Å²) in [5, 5.41) is 10.2. The summed E-state index contributed by atoms with van der Waals surface area (Å²) < 4.78 is 5.19. The van der Waals surface area contributed by atoms with Crippen LogP contribution in [0.3, 0.4) is 0 Å². The summed E-state index contributed by atoms with van der Waals surface area (Å²) >= 11 is 1.68. The van der Waals surface area contributed by atoms with Gasteiger partial charge < -0.3 is 15.4 Å². The summed E-state index contributed by atoms with van der Waals surface area (Å²) in [5.41, 5.74) is 3.18. The Hall–Kier alpha value is -1.85. The van der Waals surface area contributed by atoms with E-state index >= 15 is 0 Å². The van der Waals surface area contributed by atoms with Gasteiger partial charge in [0.15, 0.2) is 0 Å². The fraction of sp³-hybridized carbons (Fsp3) is 0.267. The van der Waals surface area contributed by atoms with Crippen molar-refractivity contribution in [2.24, 2.45) is 0 Å². The highest BCUT2D eigenvalue weighted by molar-refractivity contribution is 7.08. The van der Waals surface area contributed by atoms with Crippen molar-refractivity contribution in [2.45, 2.75) is 13.5 Å². The zero-order valence-electron chi connectivity index (χ0n) is 11.6. The van der Waals surface area contributed by atoms with E-state index in [1.54, 1.807) is 18.4 Å². The lowest BCUT2D eigenvalue weighted by molar-refractivity contribution is -0.115. The van der Waals surface area contributed by atoms with Crippen LogP contribution in [0.5, 0.6) is 5.75 Å². The zero-order chi connectivity index (χ0) is 14.4. The van der Waals surface area contributed by atoms with Crippen molar-refractivity contribution >= 4 is 22.9 Å². The maximum atomic E-state index is 11.9. The molecule has 0 aliphatic carbocycles. The number of para-hydroxylation sites is 2. The number of hydrogen-bond acceptors (Lipinski definition) is 4. The van der Waals surface area contributed by atoms with Crippen LogP contribution < -0.4 is 15.4 Å². The number of nitrogens with one attached hydrogen (secondary N) is 2. The van der Waals surface area contributed by atoms with Crippen molar-refractivity contribution in [3.63, 3.8) is 0 Å². The number of carbonyl (C=O) groups is 1. The molecule has 0 unspecified atom stereocenters. The van der Waals surface area contributed by atoms with Crippen LogP contribution in [0.2, 0.25) is 0 Å². The Kier molecular flexibility index (Phi) is 5.15. The van der Waals surface area contributed by atoms with Crippen LogP contribution >= 0.6 is 11.3 Å². The van der Waals surface area contributed by atoms with Crippen molar-refractivity contribution in [1.29, 1.82) is 0 Å². The minimum Gasteiger partial charge on any atom is -0.495 e. The molecule has 0 saturated heterocycles. The van der Waals surface area contributed by atoms with Crippen molar-refractivity contribution in [2.75, 3.05) is 19.0 Å². The molecule has 20 heavy (non-hydrogen) atoms. The Morgan fingerprint density at radius 3 is 2.80 bits per heavy atom. The van der Waals surface area contributed by atoms with Gasteiger partial charge in [-0.2, -0.15) is 11.3 Å². The lowest BCUT2D eigenvalue weighted by Gasteiger charge is -2.10. The van der Waals surface area contributed by atoms with Gasteiger partial charge in [-0.15, -0.1) is 0 Å². The Labute approximate surface area is 122 Å². The molecule has 1 aromatic heterocycles. The summed E-state index contributed by atoms with van der Waals surface area (Å²) in [6, 6.07) is 7.36. The Morgan fingerprint density at radius 1 is 1.30 bits per heavy atom. The highest BCUT2D eigenvalue weighted by Gasteiger charge is 2.06. The summed E-state index contributed by atoms with van der Waals surface area (Å²) in [5.74, 6) is 0.580. The molecule has 0 aliphatic rings. The maximum Gasteiger partial charge on any atom is 0.238 e. The standard InChI is InChI=1S/C15H18N2O2S/c1-11-9-20-10-12(11)7-16-8-15(18)17-13-5-3-4-6-14(13)19-2/h3-6,9-10,16H,7-8H2,1-2H3,(H,17,18). The number of thiophene rings is 1. The summed E-state index contributed by atoms with van der Waals surface area (Å²) in [6.45, 7) is 3.05. The van der Waals surface area contributed by atoms with Gasteiger partial charge in [-0.3, -0.25) is 4.79 Å². The van der Waals surface area contributed by atoms with Crippen molar-refractivity contribution < 1.29 is 9.53 Å². The molecule has 0 radical (unpaired) electrons. The monoisotopic (exact) mass is 290 g/mol. The molecular formula is C15H18N2O2S. The van der Waals surface area contributed by atoms with Gasteiger partial charge in [-0.05, 0) is 40.9 Å². The summed E-state index contributed by atoms with van der Waals surface area (Å²) in [7, 11) is 1.59. The van der Waals surface area contributed by atoms with Crippen LogP contribution in [-0.4, -0.2) is 19.6 Å². The van der Waals surface area contributed by atoms with Crippen molar-refractivity contribution in [1.82, 2.24) is 5.32 Å². The van der Waals surface area contributed by atoms with E-state index in [0.29, 0.717) is 18.0 Å². The molecule has 1 amide bonds. The van der Waals surface area contributed by atoms with Gasteiger partial charge in [-0.25, -0.2) is 0 Å². The number of anilines is 1. The highest BCUT2D eigenvalue weighted by Crippen LogP contribution is 2.22. The molecule has 0 spiro atoms. The third-order valence-electron chi connectivity index (χ3n) is 2.94. The summed E-state index contributed by atoms with van der Waals surface area (Å²) in [4.78, 5) is 11.9. The Bertz CT molecular complexity index is 581. The molecule has 0 atom stereocenters. The van der Waals surface area contributed by atoms with Crippen LogP contribution in [0.1, 0.15) is 11.1 Å². The number of rotatable bonds is 6. The highest BCUT2D eigenvalue weighted by atomic mass is 32.1. The fourth-order valence-electron chi connectivity index (χ4n) is 1.82. The predicted octanol–water partition coefficient (Wildman–Crippen LogP) is 2.79. The van der Waals surface area contributed by atoms with Crippen molar-refractivity contribution in [3.05, 3.63) is 46.2 Å². The van der Waals surface area contributed by atoms with E-state index in [9.17, 15) is 4.79 Å². The number of benzene rings is 1. The second kappa shape index (κ2) is 7.07. The van der Waals surface area contributed by atoms with Crippen molar-refractivity contribution in [3.8, 4) is 5.75 Å². The van der Waals surface area contributed by atoms with Crippen LogP contribution in [0.25, 0.3) is 0 Å². The van der Waals surface area contributed by atoms with Gasteiger partial charge in [0, 0.05) is 6.54 Å². The van der Waals surface area contributed by atoms with Gasteiger partial charge in [-0.1, -0.05) is 12.1 Å². The van der Waals surface area contributed by atoms with Gasteiger partial charge in [0.2, 0.25) is 5.91 Å². The number of carbonyl (C=O) groups excluding carboxylic acids is 1. The molecule has 5 heteroatoms. The molecule has 1 aromatic carbocycles. The number of aryl methyl sites for hydroxylation is 1. The van der Waals surface area contributed by atoms with Gasteiger partial charge in [0.05, 0.1) is 19.3 Å². The third kappa shape index (κ3) is 3.82. The first-order chi connectivity index (χ1) is 9.70. The molecule has 0 aliphatic heterocycles. The van der Waals surface area contributed by atoms with Gasteiger partial charge >= 0.3 is 0 Å². The molecular weight excluding hydrogens is 272 g/mol. The quantitative estimate of drug-likeness (QED) is 0.860. The Morgan fingerprint density at radius 2 is 2.10 bits per heavy atom. The first-order valence-corrected chi connectivity index (χ1v) is 7.30. The number of amides is 1. The minimum atomic E-state index is -0.0811. The van der Waals surface area contributed by atoms with Crippen LogP contribution in [-0.2, 0) is 11.3 Å². The van der Waals surface area contributed by atoms with E-state index in [4.69, 9.17) is 4.74 Å². The first-order valence-electron chi connectivity index (χ1n) is 6.36. The fourth-order valence-corrected chi connectivity index (χ4v) is 2.68. The maximum absolute atomic E-state index is 11.9. The molecule has 0 bridgehead atoms. The normalized spacial score (nSPS) is 10.3. The largest absolute Gasteiger partial charge is 0.495 e. The SMILES string of the molecule is COc1ccccc1NC(=O)CNCc1cscc1C. The van der Waals surface area contributed by atoms with Crippen LogP contribution in [0.4, 0.5) is 5.69 Å². The van der Waals surface area contributed by atoms with E-state index in [1.165, 1.54) is 11.1 Å². The van der Waals surface area contributed by atoms with E-state index in [0.717, 1.165) is 0 Å². The number of methoxy groups -OCH3 is 1. The van der Waals surface area contributed by atoms with Gasteiger partial charge in [0.25, 0.3) is 0 Å². The summed E-state index contributed by atoms with van der Waals surface area (Å²) in [6.07, 6.45) is 0. The Balaban J connectivity index is 1.82. The zero-order valence-corrected chi connectivity index (χ0v) is 12.4. The smallest absolute Gasteiger partial charge is 0.238 e. The van der Waals surface area contributed by atoms with Crippen LogP contribution in [0, 0.1) is 6.92 Å². The first kappa shape index (κ1) is 14.6. The number of hydrogen-bond donors (Lipinski definition) is 2. The second-order valence-corrected chi connectivity index (χ2v) is 5.18. The molecule has 0 saturated carbocycles. The van der Waals surface area contributed by atoms with E-state index < -0.39 is 0 Å². The molecule has 2 N–H and O–H groups in total. The number of ether oxygens (including phenoxy) is 1. The average Bonchev–Trinajstić information content (AvgIpc) is 2.85. The topological polar surface area (TPSA) is 50.4 Å². The molecule has 4 nitrogen and oxygen atoms in total. The van der Waals surface area contributed by atoms with E-state index in [2.05, 4.69) is 28.3 Å². The molecule has 106 valence electrons. The van der Waals surface area contributed by atoms with Gasteiger partial charge in [0.1, 0.15) is 5.75 Å². The van der Waals surface area contributed by atoms with E-state index in [-0.39, 0.29) is 12.5 Å². The predicted molar refractivity (Wildman–Crippen MR) is 82.4 cm³/mol.